The maximum absolute atomic E-state index is 14.1. The monoisotopic (exact) mass is 340 g/mol. The van der Waals surface area contributed by atoms with Gasteiger partial charge in [0, 0.05) is 25.1 Å². The van der Waals surface area contributed by atoms with E-state index in [1.54, 1.807) is 4.90 Å². The third kappa shape index (κ3) is 4.66. The van der Waals surface area contributed by atoms with Gasteiger partial charge in [-0.3, -0.25) is 0 Å². The van der Waals surface area contributed by atoms with Gasteiger partial charge in [-0.05, 0) is 57.7 Å². The van der Waals surface area contributed by atoms with Crippen molar-refractivity contribution in [3.63, 3.8) is 0 Å². The maximum Gasteiger partial charge on any atom is 0.410 e. The number of rotatable bonds is 3. The van der Waals surface area contributed by atoms with Crippen molar-refractivity contribution >= 4 is 6.09 Å². The van der Waals surface area contributed by atoms with Crippen LogP contribution >= 0.6 is 0 Å². The second-order valence-corrected chi connectivity index (χ2v) is 7.31. The van der Waals surface area contributed by atoms with Gasteiger partial charge in [-0.15, -0.1) is 0 Å². The molecule has 4 nitrogen and oxygen atoms in total. The number of nitrogens with two attached hydrogens (primary N) is 1. The Morgan fingerprint density at radius 2 is 1.96 bits per heavy atom. The number of halogens is 2. The van der Waals surface area contributed by atoms with Crippen molar-refractivity contribution in [1.29, 1.82) is 0 Å². The summed E-state index contributed by atoms with van der Waals surface area (Å²) in [5.41, 5.74) is 5.79. The molecule has 0 aromatic heterocycles. The smallest absolute Gasteiger partial charge is 0.410 e. The van der Waals surface area contributed by atoms with Crippen molar-refractivity contribution in [2.75, 3.05) is 19.6 Å². The summed E-state index contributed by atoms with van der Waals surface area (Å²) in [6, 6.07) is 3.63. The van der Waals surface area contributed by atoms with Crippen molar-refractivity contribution in [1.82, 2.24) is 4.90 Å². The topological polar surface area (TPSA) is 55.6 Å². The van der Waals surface area contributed by atoms with E-state index in [9.17, 15) is 13.6 Å². The van der Waals surface area contributed by atoms with Crippen LogP contribution in [-0.4, -0.2) is 36.2 Å². The lowest BCUT2D eigenvalue weighted by Crippen LogP contribution is -2.43. The second-order valence-electron chi connectivity index (χ2n) is 7.31. The fraction of sp³-hybridized carbons (Fsp3) is 0.611. The summed E-state index contributed by atoms with van der Waals surface area (Å²) < 4.78 is 32.5. The molecule has 1 amide bonds. The lowest BCUT2D eigenvalue weighted by molar-refractivity contribution is 0.0174. The van der Waals surface area contributed by atoms with Crippen LogP contribution in [0.5, 0.6) is 0 Å². The van der Waals surface area contributed by atoms with E-state index in [-0.39, 0.29) is 17.9 Å². The number of ether oxygens (including phenoxy) is 1. The van der Waals surface area contributed by atoms with E-state index in [1.807, 2.05) is 20.8 Å². The Labute approximate surface area is 142 Å². The molecule has 6 heteroatoms. The molecule has 1 atom stereocenters. The molecule has 134 valence electrons. The molecular formula is C18H26F2N2O2. The molecule has 2 rings (SSSR count). The molecule has 1 saturated heterocycles. The van der Waals surface area contributed by atoms with Crippen LogP contribution in [0.3, 0.4) is 0 Å². The van der Waals surface area contributed by atoms with Crippen LogP contribution in [0.4, 0.5) is 13.6 Å². The van der Waals surface area contributed by atoms with Crippen LogP contribution in [0.25, 0.3) is 0 Å². The zero-order chi connectivity index (χ0) is 17.9. The number of piperidine rings is 1. The molecule has 0 aliphatic carbocycles. The highest BCUT2D eigenvalue weighted by atomic mass is 19.1. The lowest BCUT2D eigenvalue weighted by atomic mass is 9.80. The van der Waals surface area contributed by atoms with Crippen LogP contribution in [0.1, 0.15) is 45.1 Å². The minimum Gasteiger partial charge on any atom is -0.444 e. The number of benzene rings is 1. The minimum atomic E-state index is -0.591. The van der Waals surface area contributed by atoms with Crippen LogP contribution in [0.2, 0.25) is 0 Å². The number of nitrogens with zero attached hydrogens (tertiary/aromatic N) is 1. The van der Waals surface area contributed by atoms with Crippen molar-refractivity contribution in [3.05, 3.63) is 35.4 Å². The van der Waals surface area contributed by atoms with Gasteiger partial charge in [0.25, 0.3) is 0 Å². The Morgan fingerprint density at radius 1 is 1.33 bits per heavy atom. The fourth-order valence-electron chi connectivity index (χ4n) is 3.19. The van der Waals surface area contributed by atoms with Gasteiger partial charge in [0.15, 0.2) is 0 Å². The van der Waals surface area contributed by atoms with E-state index in [4.69, 9.17) is 10.5 Å². The van der Waals surface area contributed by atoms with Gasteiger partial charge in [0.05, 0.1) is 0 Å². The first-order valence-electron chi connectivity index (χ1n) is 8.34. The molecular weight excluding hydrogens is 314 g/mol. The molecule has 0 spiro atoms. The third-order valence-electron chi connectivity index (χ3n) is 4.38. The minimum absolute atomic E-state index is 0.161. The van der Waals surface area contributed by atoms with E-state index >= 15 is 0 Å². The Kier molecular flexibility index (Phi) is 5.80. The Bertz CT molecular complexity index is 579. The van der Waals surface area contributed by atoms with Crippen molar-refractivity contribution < 1.29 is 18.3 Å². The van der Waals surface area contributed by atoms with Crippen LogP contribution in [0, 0.1) is 17.6 Å². The van der Waals surface area contributed by atoms with E-state index in [2.05, 4.69) is 0 Å². The summed E-state index contributed by atoms with van der Waals surface area (Å²) in [5.74, 6) is -1.16. The van der Waals surface area contributed by atoms with E-state index in [0.29, 0.717) is 25.2 Å². The number of likely N-dealkylation sites (tertiary alicyclic amines) is 1. The average molecular weight is 340 g/mol. The first kappa shape index (κ1) is 18.6. The molecule has 1 aromatic carbocycles. The quantitative estimate of drug-likeness (QED) is 0.914. The van der Waals surface area contributed by atoms with E-state index in [0.717, 1.165) is 18.9 Å². The number of amides is 1. The molecule has 0 bridgehead atoms. The highest BCUT2D eigenvalue weighted by Gasteiger charge is 2.31. The molecule has 0 radical (unpaired) electrons. The predicted octanol–water partition coefficient (Wildman–Crippen LogP) is 3.65. The van der Waals surface area contributed by atoms with Crippen molar-refractivity contribution in [2.24, 2.45) is 11.7 Å². The molecule has 1 aliphatic rings. The number of carbonyl (C=O) groups is 1. The number of hydrogen-bond donors (Lipinski definition) is 1. The Morgan fingerprint density at radius 3 is 2.46 bits per heavy atom. The van der Waals surface area contributed by atoms with Gasteiger partial charge in [0.2, 0.25) is 0 Å². The summed E-state index contributed by atoms with van der Waals surface area (Å²) in [7, 11) is 0. The van der Waals surface area contributed by atoms with Gasteiger partial charge in [-0.2, -0.15) is 0 Å². The Hall–Kier alpha value is -1.69. The summed E-state index contributed by atoms with van der Waals surface area (Å²) in [4.78, 5) is 13.8. The molecule has 2 N–H and O–H groups in total. The summed E-state index contributed by atoms with van der Waals surface area (Å²) in [5, 5.41) is 0. The van der Waals surface area contributed by atoms with E-state index in [1.165, 1.54) is 12.1 Å². The summed E-state index contributed by atoms with van der Waals surface area (Å²) >= 11 is 0. The molecule has 1 aromatic rings. The first-order chi connectivity index (χ1) is 11.2. The van der Waals surface area contributed by atoms with Crippen molar-refractivity contribution in [3.8, 4) is 0 Å². The molecule has 1 aliphatic heterocycles. The second kappa shape index (κ2) is 7.47. The van der Waals surface area contributed by atoms with Crippen LogP contribution in [0.15, 0.2) is 18.2 Å². The zero-order valence-corrected chi connectivity index (χ0v) is 14.5. The van der Waals surface area contributed by atoms with Crippen molar-refractivity contribution in [2.45, 2.75) is 45.1 Å². The predicted molar refractivity (Wildman–Crippen MR) is 88.7 cm³/mol. The molecule has 1 heterocycles. The largest absolute Gasteiger partial charge is 0.444 e. The maximum atomic E-state index is 14.1. The standard InChI is InChI=1S/C18H26F2N2O2/c1-18(2,3)24-17(23)22-8-6-12(7-9-22)15(11-21)14-5-4-13(19)10-16(14)20/h4-5,10,12,15H,6-9,11,21H2,1-3H3. The van der Waals surface area contributed by atoms with Gasteiger partial charge in [-0.25, -0.2) is 13.6 Å². The highest BCUT2D eigenvalue weighted by molar-refractivity contribution is 5.68. The van der Waals surface area contributed by atoms with Crippen LogP contribution in [-0.2, 0) is 4.74 Å². The molecule has 24 heavy (non-hydrogen) atoms. The molecule has 1 unspecified atom stereocenters. The zero-order valence-electron chi connectivity index (χ0n) is 14.5. The highest BCUT2D eigenvalue weighted by Crippen LogP contribution is 2.34. The molecule has 0 saturated carbocycles. The van der Waals surface area contributed by atoms with Gasteiger partial charge in [0.1, 0.15) is 17.2 Å². The third-order valence-corrected chi connectivity index (χ3v) is 4.38. The molecule has 1 fully saturated rings. The fourth-order valence-corrected chi connectivity index (χ4v) is 3.19. The van der Waals surface area contributed by atoms with Gasteiger partial charge in [-0.1, -0.05) is 6.07 Å². The van der Waals surface area contributed by atoms with Crippen LogP contribution < -0.4 is 5.73 Å². The Balaban J connectivity index is 2.00. The van der Waals surface area contributed by atoms with Gasteiger partial charge >= 0.3 is 6.09 Å². The SMILES string of the molecule is CC(C)(C)OC(=O)N1CCC(C(CN)c2ccc(F)cc2F)CC1. The summed E-state index contributed by atoms with van der Waals surface area (Å²) in [6.07, 6.45) is 1.12. The van der Waals surface area contributed by atoms with Gasteiger partial charge < -0.3 is 15.4 Å². The first-order valence-corrected chi connectivity index (χ1v) is 8.34. The number of carbonyl (C=O) groups excluding carboxylic acids is 1. The normalized spacial score (nSPS) is 17.7. The lowest BCUT2D eigenvalue weighted by Gasteiger charge is -2.36. The number of hydrogen-bond acceptors (Lipinski definition) is 3. The van der Waals surface area contributed by atoms with E-state index < -0.39 is 17.2 Å². The average Bonchev–Trinajstić information content (AvgIpc) is 2.49. The summed E-state index contributed by atoms with van der Waals surface area (Å²) in [6.45, 7) is 6.90.